The highest BCUT2D eigenvalue weighted by Crippen LogP contribution is 2.24. The zero-order valence-electron chi connectivity index (χ0n) is 16.6. The average molecular weight is 470 g/mol. The summed E-state index contributed by atoms with van der Waals surface area (Å²) < 4.78 is 44.8. The zero-order valence-corrected chi connectivity index (χ0v) is 17.4. The van der Waals surface area contributed by atoms with Gasteiger partial charge in [-0.25, -0.2) is 0 Å². The number of ether oxygens (including phenoxy) is 1. The number of para-hydroxylation sites is 2. The van der Waals surface area contributed by atoms with Gasteiger partial charge in [-0.1, -0.05) is 30.3 Å². The normalized spacial score (nSPS) is 10.9. The van der Waals surface area contributed by atoms with Gasteiger partial charge >= 0.3 is 12.1 Å². The van der Waals surface area contributed by atoms with Gasteiger partial charge in [0.15, 0.2) is 5.82 Å². The second kappa shape index (κ2) is 10.7. The highest BCUT2D eigenvalue weighted by atomic mass is 35.5. The number of hydrogen-bond acceptors (Lipinski definition) is 5. The Morgan fingerprint density at radius 3 is 2.38 bits per heavy atom. The molecule has 12 heteroatoms. The number of hydrogen-bond donors (Lipinski definition) is 2. The molecule has 0 bridgehead atoms. The highest BCUT2D eigenvalue weighted by molar-refractivity contribution is 6.05. The quantitative estimate of drug-likeness (QED) is 0.346. The summed E-state index contributed by atoms with van der Waals surface area (Å²) >= 11 is 0. The lowest BCUT2D eigenvalue weighted by Crippen LogP contribution is -3.00. The molecule has 3 aromatic rings. The monoisotopic (exact) mass is 469 g/mol. The fourth-order valence-electron chi connectivity index (χ4n) is 2.67. The van der Waals surface area contributed by atoms with E-state index < -0.39 is 30.3 Å². The number of esters is 1. The van der Waals surface area contributed by atoms with E-state index in [1.54, 1.807) is 42.5 Å². The molecule has 0 radical (unpaired) electrons. The van der Waals surface area contributed by atoms with Crippen LogP contribution in [0.2, 0.25) is 0 Å². The first-order chi connectivity index (χ1) is 14.8. The van der Waals surface area contributed by atoms with Gasteiger partial charge in [-0.3, -0.25) is 14.9 Å². The number of benzene rings is 2. The Kier molecular flexibility index (Phi) is 8.33. The molecule has 1 heterocycles. The van der Waals surface area contributed by atoms with Crippen LogP contribution in [-0.4, -0.2) is 39.4 Å². The molecule has 0 fully saturated rings. The lowest BCUT2D eigenvalue weighted by molar-refractivity contribution is -0.366. The van der Waals surface area contributed by atoms with Crippen molar-refractivity contribution in [2.45, 2.75) is 19.0 Å². The van der Waals surface area contributed by atoms with E-state index >= 15 is 0 Å². The van der Waals surface area contributed by atoms with E-state index in [0.717, 1.165) is 4.68 Å². The van der Waals surface area contributed by atoms with Crippen molar-refractivity contribution in [1.29, 1.82) is 0 Å². The number of aromatic nitrogens is 3. The van der Waals surface area contributed by atoms with Crippen LogP contribution < -0.4 is 28.2 Å². The lowest BCUT2D eigenvalue weighted by Gasteiger charge is -2.10. The second-order valence-corrected chi connectivity index (χ2v) is 6.42. The second-order valence-electron chi connectivity index (χ2n) is 6.42. The molecule has 0 aliphatic heterocycles. The van der Waals surface area contributed by atoms with Crippen LogP contribution in [0, 0.1) is 0 Å². The molecular weight excluding hydrogens is 451 g/mol. The Hall–Kier alpha value is -3.44. The van der Waals surface area contributed by atoms with Gasteiger partial charge in [0.1, 0.15) is 12.2 Å². The van der Waals surface area contributed by atoms with E-state index in [4.69, 9.17) is 4.74 Å². The molecule has 3 rings (SSSR count). The summed E-state index contributed by atoms with van der Waals surface area (Å²) in [7, 11) is 0. The van der Waals surface area contributed by atoms with Crippen molar-refractivity contribution in [1.82, 2.24) is 14.8 Å². The van der Waals surface area contributed by atoms with Gasteiger partial charge in [-0.05, 0) is 24.3 Å². The van der Waals surface area contributed by atoms with Crippen molar-refractivity contribution in [3.63, 3.8) is 0 Å². The molecule has 8 nitrogen and oxygen atoms in total. The molecule has 0 unspecified atom stereocenters. The zero-order chi connectivity index (χ0) is 22.4. The number of rotatable bonds is 7. The van der Waals surface area contributed by atoms with Crippen molar-refractivity contribution in [3.05, 3.63) is 66.0 Å². The summed E-state index contributed by atoms with van der Waals surface area (Å²) in [5.41, 5.74) is 3.99. The van der Waals surface area contributed by atoms with Gasteiger partial charge in [0, 0.05) is 0 Å². The lowest BCUT2D eigenvalue weighted by atomic mass is 10.2. The number of carbonyl (C=O) groups is 2. The molecule has 32 heavy (non-hydrogen) atoms. The number of anilines is 1. The molecule has 0 spiro atoms. The minimum atomic E-state index is -4.51. The van der Waals surface area contributed by atoms with Gasteiger partial charge in [0.25, 0.3) is 5.91 Å². The van der Waals surface area contributed by atoms with Crippen LogP contribution in [0.5, 0.6) is 5.75 Å². The van der Waals surface area contributed by atoms with Gasteiger partial charge in [-0.2, -0.15) is 22.8 Å². The van der Waals surface area contributed by atoms with Crippen molar-refractivity contribution in [2.24, 2.45) is 0 Å². The van der Waals surface area contributed by atoms with Crippen molar-refractivity contribution < 1.29 is 45.6 Å². The molecule has 2 aromatic carbocycles. The van der Waals surface area contributed by atoms with Crippen LogP contribution in [0.15, 0.2) is 54.6 Å². The molecule has 0 atom stereocenters. The van der Waals surface area contributed by atoms with E-state index in [1.807, 2.05) is 0 Å². The molecule has 1 amide bonds. The highest BCUT2D eigenvalue weighted by Gasteiger charge is 2.31. The van der Waals surface area contributed by atoms with Gasteiger partial charge in [0.05, 0.1) is 24.2 Å². The average Bonchev–Trinajstić information content (AvgIpc) is 3.09. The summed E-state index contributed by atoms with van der Waals surface area (Å²) in [6.45, 7) is 0.329. The summed E-state index contributed by atoms with van der Waals surface area (Å²) in [5, 5.41) is 6.34. The van der Waals surface area contributed by atoms with Gasteiger partial charge < -0.3 is 22.9 Å². The maximum absolute atomic E-state index is 12.8. The number of halogens is 4. The molecule has 4 N–H and O–H groups in total. The maximum Gasteiger partial charge on any atom is 0.396 e. The van der Waals surface area contributed by atoms with Crippen molar-refractivity contribution >= 4 is 17.8 Å². The summed E-state index contributed by atoms with van der Waals surface area (Å²) in [5.74, 6) is -1.97. The molecule has 0 saturated carbocycles. The Labute approximate surface area is 187 Å². The third-order valence-electron chi connectivity index (χ3n) is 3.97. The molecule has 0 aliphatic rings. The number of nitrogens with one attached hydrogen (secondary N) is 1. The molecule has 0 aliphatic carbocycles. The number of carbonyl (C=O) groups excluding carboxylic acids is 2. The minimum Gasteiger partial charge on any atom is -1.00 e. The van der Waals surface area contributed by atoms with Crippen LogP contribution in [0.25, 0.3) is 5.69 Å². The number of nitrogens with zero attached hydrogens (tertiary/aromatic N) is 3. The topological polar surface area (TPSA) is 114 Å². The molecule has 170 valence electrons. The summed E-state index contributed by atoms with van der Waals surface area (Å²) in [4.78, 5) is 28.5. The molecule has 1 aromatic heterocycles. The largest absolute Gasteiger partial charge is 1.00 e. The minimum absolute atomic E-state index is 0. The third kappa shape index (κ3) is 6.53. The third-order valence-corrected chi connectivity index (χ3v) is 3.97. The van der Waals surface area contributed by atoms with E-state index in [1.165, 1.54) is 12.1 Å². The Morgan fingerprint density at radius 2 is 1.72 bits per heavy atom. The van der Waals surface area contributed by atoms with Crippen molar-refractivity contribution in [2.75, 3.05) is 11.9 Å². The number of quaternary nitrogens is 1. The van der Waals surface area contributed by atoms with Gasteiger partial charge in [0.2, 0.25) is 5.95 Å². The fraction of sp³-hybridized carbons (Fsp3) is 0.200. The number of amides is 1. The van der Waals surface area contributed by atoms with Crippen LogP contribution in [-0.2, 0) is 11.2 Å². The van der Waals surface area contributed by atoms with Crippen LogP contribution in [0.1, 0.15) is 22.6 Å². The molecule has 0 saturated heterocycles. The van der Waals surface area contributed by atoms with Crippen LogP contribution in [0.3, 0.4) is 0 Å². The smallest absolute Gasteiger partial charge is 0.396 e. The maximum atomic E-state index is 12.8. The van der Waals surface area contributed by atoms with Gasteiger partial charge in [-0.15, -0.1) is 5.10 Å². The first-order valence-electron chi connectivity index (χ1n) is 9.25. The predicted molar refractivity (Wildman–Crippen MR) is 104 cm³/mol. The van der Waals surface area contributed by atoms with Crippen LogP contribution in [0.4, 0.5) is 19.1 Å². The first-order valence-corrected chi connectivity index (χ1v) is 9.25. The predicted octanol–water partition coefficient (Wildman–Crippen LogP) is -0.834. The fourth-order valence-corrected chi connectivity index (χ4v) is 2.67. The standard InChI is InChI=1S/C20H18F3N5O3.ClH/c21-20(22,23)12-16-25-19(28(27-16)13-6-2-1-3-7-13)26-18(30)14-8-4-5-9-15(14)31-17(29)10-11-24;/h1-9H,10-12,24H2,(H,25,26,27,30);1H. The van der Waals surface area contributed by atoms with E-state index in [9.17, 15) is 22.8 Å². The Balaban J connectivity index is 0.00000363. The SMILES string of the molecule is [Cl-].[NH3+]CCC(=O)Oc1ccccc1C(=O)Nc1nc(CC(F)(F)F)nn1-c1ccccc1. The number of alkyl halides is 3. The molecular formula is C20H19ClF3N5O3. The van der Waals surface area contributed by atoms with Crippen molar-refractivity contribution in [3.8, 4) is 11.4 Å². The Bertz CT molecular complexity index is 1070. The van der Waals surface area contributed by atoms with E-state index in [0.29, 0.717) is 12.2 Å². The van der Waals surface area contributed by atoms with E-state index in [-0.39, 0.29) is 36.1 Å². The summed E-state index contributed by atoms with van der Waals surface area (Å²) in [6.07, 6.45) is -5.80. The Morgan fingerprint density at radius 1 is 1.06 bits per heavy atom. The van der Waals surface area contributed by atoms with Crippen LogP contribution >= 0.6 is 0 Å². The first kappa shape index (κ1) is 24.8. The van der Waals surface area contributed by atoms with E-state index in [2.05, 4.69) is 21.1 Å². The summed E-state index contributed by atoms with van der Waals surface area (Å²) in [6, 6.07) is 14.3.